The Morgan fingerprint density at radius 2 is 2.00 bits per heavy atom. The van der Waals surface area contributed by atoms with Crippen LogP contribution in [0, 0.1) is 0 Å². The molecule has 0 saturated heterocycles. The molecular weight excluding hydrogens is 242 g/mol. The molecule has 0 aromatic heterocycles. The van der Waals surface area contributed by atoms with Gasteiger partial charge in [0.2, 0.25) is 0 Å². The molecule has 18 heavy (non-hydrogen) atoms. The summed E-state index contributed by atoms with van der Waals surface area (Å²) < 4.78 is 0. The van der Waals surface area contributed by atoms with E-state index in [0.29, 0.717) is 21.9 Å². The van der Waals surface area contributed by atoms with Gasteiger partial charge in [-0.1, -0.05) is 13.0 Å². The van der Waals surface area contributed by atoms with Crippen molar-refractivity contribution in [1.82, 2.24) is 5.06 Å². The Morgan fingerprint density at radius 3 is 2.61 bits per heavy atom. The fourth-order valence-electron chi connectivity index (χ4n) is 1.45. The molecule has 94 valence electrons. The number of imide groups is 1. The fourth-order valence-corrected chi connectivity index (χ4v) is 1.45. The minimum Gasteiger partial charge on any atom is -0.481 e. The van der Waals surface area contributed by atoms with E-state index >= 15 is 0 Å². The number of carboxylic acids is 1. The van der Waals surface area contributed by atoms with Gasteiger partial charge in [0.15, 0.2) is 5.75 Å². The molecule has 0 fully saturated rings. The lowest BCUT2D eigenvalue weighted by molar-refractivity contribution is -0.323. The van der Waals surface area contributed by atoms with E-state index in [1.807, 2.05) is 0 Å². The molecule has 7 heteroatoms. The average molecular weight is 251 g/mol. The van der Waals surface area contributed by atoms with Crippen molar-refractivity contribution in [1.29, 1.82) is 0 Å². The predicted octanol–water partition coefficient (Wildman–Crippen LogP) is 1.00. The number of nitrogens with zero attached hydrogens (tertiary/aromatic N) is 1. The highest BCUT2D eigenvalue weighted by molar-refractivity contribution is 6.22. The van der Waals surface area contributed by atoms with Gasteiger partial charge in [0.05, 0.1) is 5.56 Å². The highest BCUT2D eigenvalue weighted by Crippen LogP contribution is 2.34. The van der Waals surface area contributed by atoms with Gasteiger partial charge in [-0.2, -0.15) is 0 Å². The number of carbonyl (C=O) groups is 3. The van der Waals surface area contributed by atoms with E-state index in [1.54, 1.807) is 25.1 Å². The summed E-state index contributed by atoms with van der Waals surface area (Å²) in [5.41, 5.74) is 0.624. The Labute approximate surface area is 101 Å². The number of hydrogen-bond donors (Lipinski definition) is 1. The number of benzene rings is 1. The summed E-state index contributed by atoms with van der Waals surface area (Å²) in [7, 11) is 0. The molecule has 7 nitrogen and oxygen atoms in total. The van der Waals surface area contributed by atoms with Crippen LogP contribution in [0.5, 0.6) is 5.75 Å². The van der Waals surface area contributed by atoms with Crippen LogP contribution in [0.3, 0.4) is 0 Å². The molecule has 0 radical (unpaired) electrons. The topological polar surface area (TPSA) is 93.1 Å². The standard InChI is InChI=1S/C8H3NO4.C3H6O2/c10-7-4-2-1-3-5-6(4)8(11)9(7)13-12-5;1-2-3(4)5/h1-3H;2H2,1H3,(H,4,5). The van der Waals surface area contributed by atoms with Crippen molar-refractivity contribution in [2.24, 2.45) is 0 Å². The van der Waals surface area contributed by atoms with Crippen LogP contribution in [-0.4, -0.2) is 28.0 Å². The molecule has 0 unspecified atom stereocenters. The van der Waals surface area contributed by atoms with Gasteiger partial charge < -0.3 is 9.99 Å². The van der Waals surface area contributed by atoms with Gasteiger partial charge in [-0.15, -0.1) is 5.06 Å². The zero-order valence-corrected chi connectivity index (χ0v) is 9.37. The monoisotopic (exact) mass is 251 g/mol. The lowest BCUT2D eigenvalue weighted by atomic mass is 10.1. The second kappa shape index (κ2) is 4.46. The van der Waals surface area contributed by atoms with Crippen molar-refractivity contribution < 1.29 is 29.4 Å². The summed E-state index contributed by atoms with van der Waals surface area (Å²) >= 11 is 0. The summed E-state index contributed by atoms with van der Waals surface area (Å²) in [5, 5.41) is 8.33. The van der Waals surface area contributed by atoms with Crippen molar-refractivity contribution in [3.05, 3.63) is 29.3 Å². The van der Waals surface area contributed by atoms with Crippen LogP contribution in [0.4, 0.5) is 0 Å². The van der Waals surface area contributed by atoms with E-state index in [2.05, 4.69) is 4.99 Å². The quantitative estimate of drug-likeness (QED) is 0.591. The van der Waals surface area contributed by atoms with Gasteiger partial charge in [-0.25, -0.2) is 0 Å². The second-order valence-electron chi connectivity index (χ2n) is 3.49. The van der Waals surface area contributed by atoms with E-state index in [1.165, 1.54) is 0 Å². The number of aliphatic carboxylic acids is 1. The summed E-state index contributed by atoms with van der Waals surface area (Å²) in [6.07, 6.45) is 0.222. The van der Waals surface area contributed by atoms with Gasteiger partial charge in [-0.05, 0) is 17.1 Å². The first-order valence-corrected chi connectivity index (χ1v) is 5.14. The van der Waals surface area contributed by atoms with E-state index in [4.69, 9.17) is 9.99 Å². The van der Waals surface area contributed by atoms with Crippen LogP contribution >= 0.6 is 0 Å². The van der Waals surface area contributed by atoms with Crippen LogP contribution in [0.15, 0.2) is 18.2 Å². The zero-order valence-electron chi connectivity index (χ0n) is 9.37. The van der Waals surface area contributed by atoms with Crippen LogP contribution < -0.4 is 4.89 Å². The van der Waals surface area contributed by atoms with Crippen molar-refractivity contribution in [2.45, 2.75) is 13.3 Å². The maximum Gasteiger partial charge on any atom is 0.303 e. The van der Waals surface area contributed by atoms with Gasteiger partial charge in [0, 0.05) is 6.42 Å². The molecular formula is C11H9NO6. The first kappa shape index (κ1) is 12.1. The molecule has 2 aliphatic rings. The first-order chi connectivity index (χ1) is 8.56. The van der Waals surface area contributed by atoms with Crippen molar-refractivity contribution in [3.8, 4) is 5.75 Å². The molecule has 2 bridgehead atoms. The lowest BCUT2D eigenvalue weighted by Crippen LogP contribution is -2.33. The van der Waals surface area contributed by atoms with Crippen molar-refractivity contribution in [2.75, 3.05) is 0 Å². The summed E-state index contributed by atoms with van der Waals surface area (Å²) in [5.74, 6) is -1.38. The molecule has 1 N–H and O–H groups in total. The van der Waals surface area contributed by atoms with Crippen LogP contribution in [0.25, 0.3) is 0 Å². The fraction of sp³-hybridized carbons (Fsp3) is 0.182. The van der Waals surface area contributed by atoms with Crippen molar-refractivity contribution in [3.63, 3.8) is 0 Å². The molecule has 0 spiro atoms. The highest BCUT2D eigenvalue weighted by atomic mass is 17.3. The Morgan fingerprint density at radius 1 is 1.33 bits per heavy atom. The zero-order chi connectivity index (χ0) is 13.3. The number of hydroxylamine groups is 2. The molecule has 2 aliphatic heterocycles. The van der Waals surface area contributed by atoms with Crippen LogP contribution in [0.1, 0.15) is 34.1 Å². The van der Waals surface area contributed by atoms with E-state index in [0.717, 1.165) is 0 Å². The van der Waals surface area contributed by atoms with Crippen molar-refractivity contribution >= 4 is 17.8 Å². The molecule has 2 amide bonds. The molecule has 0 saturated carbocycles. The number of carboxylic acid groups (broad SMARTS) is 1. The van der Waals surface area contributed by atoms with Crippen LogP contribution in [0.2, 0.25) is 0 Å². The number of amides is 2. The summed E-state index contributed by atoms with van der Waals surface area (Å²) in [4.78, 5) is 41.3. The molecule has 2 heterocycles. The number of fused-ring (bicyclic) bond motifs is 1. The normalized spacial score (nSPS) is 14.8. The molecule has 0 aliphatic carbocycles. The minimum absolute atomic E-state index is 0.222. The maximum absolute atomic E-state index is 11.4. The van der Waals surface area contributed by atoms with Gasteiger partial charge >= 0.3 is 5.97 Å². The largest absolute Gasteiger partial charge is 0.481 e. The summed E-state index contributed by atoms with van der Waals surface area (Å²) in [6.45, 7) is 1.60. The summed E-state index contributed by atoms with van der Waals surface area (Å²) in [6, 6.07) is 4.78. The predicted molar refractivity (Wildman–Crippen MR) is 56.6 cm³/mol. The molecule has 0 atom stereocenters. The lowest BCUT2D eigenvalue weighted by Gasteiger charge is -2.15. The second-order valence-corrected chi connectivity index (χ2v) is 3.49. The highest BCUT2D eigenvalue weighted by Gasteiger charge is 2.44. The molecule has 1 aromatic rings. The molecule has 3 rings (SSSR count). The van der Waals surface area contributed by atoms with E-state index in [9.17, 15) is 14.4 Å². The SMILES string of the molecule is CCC(=O)O.O=C1c2cccc3c2C(=O)N1OO3. The average Bonchev–Trinajstić information content (AvgIpc) is 2.57. The van der Waals surface area contributed by atoms with Crippen LogP contribution in [-0.2, 0) is 9.78 Å². The minimum atomic E-state index is -0.745. The number of carbonyl (C=O) groups excluding carboxylic acids is 2. The molecule has 1 aromatic carbocycles. The maximum atomic E-state index is 11.4. The Kier molecular flexibility index (Phi) is 2.99. The van der Waals surface area contributed by atoms with Gasteiger partial charge in [0.25, 0.3) is 11.8 Å². The van der Waals surface area contributed by atoms with E-state index in [-0.39, 0.29) is 6.42 Å². The van der Waals surface area contributed by atoms with E-state index < -0.39 is 17.8 Å². The third-order valence-corrected chi connectivity index (χ3v) is 2.34. The van der Waals surface area contributed by atoms with Gasteiger partial charge in [-0.3, -0.25) is 14.4 Å². The Balaban J connectivity index is 0.000000209. The third-order valence-electron chi connectivity index (χ3n) is 2.34. The Hall–Kier alpha value is -2.41. The Bertz CT molecular complexity index is 538. The first-order valence-electron chi connectivity index (χ1n) is 5.14. The third kappa shape index (κ3) is 1.80. The number of rotatable bonds is 1. The smallest absolute Gasteiger partial charge is 0.303 e. The number of hydrogen-bond acceptors (Lipinski definition) is 5. The van der Waals surface area contributed by atoms with Gasteiger partial charge in [0.1, 0.15) is 5.56 Å².